The van der Waals surface area contributed by atoms with Crippen LogP contribution >= 0.6 is 11.3 Å². The number of nitrogens with zero attached hydrogens (tertiary/aromatic N) is 5. The smallest absolute Gasteiger partial charge is 0.147 e. The predicted octanol–water partition coefficient (Wildman–Crippen LogP) is 2.72. The number of thiazole rings is 1. The van der Waals surface area contributed by atoms with Gasteiger partial charge in [-0.15, -0.1) is 11.3 Å². The fraction of sp³-hybridized carbons (Fsp3) is 0.353. The second-order valence-electron chi connectivity index (χ2n) is 5.84. The Balaban J connectivity index is 1.42. The minimum Gasteiger partial charge on any atom is -0.353 e. The standard InChI is InChI=1S/C17H19N5S/c1-13-19-14(12-23-13)11-21-6-8-22(9-7-21)17-10-18-15-4-2-3-5-16(15)20-17/h2-5,10,12H,6-9,11H2,1H3. The van der Waals surface area contributed by atoms with E-state index in [-0.39, 0.29) is 0 Å². The summed E-state index contributed by atoms with van der Waals surface area (Å²) in [7, 11) is 0. The molecule has 0 unspecified atom stereocenters. The highest BCUT2D eigenvalue weighted by atomic mass is 32.1. The molecule has 0 radical (unpaired) electrons. The summed E-state index contributed by atoms with van der Waals surface area (Å²) in [5, 5.41) is 3.31. The lowest BCUT2D eigenvalue weighted by molar-refractivity contribution is 0.247. The van der Waals surface area contributed by atoms with Gasteiger partial charge in [0.15, 0.2) is 0 Å². The van der Waals surface area contributed by atoms with Gasteiger partial charge in [-0.2, -0.15) is 0 Å². The number of piperazine rings is 1. The van der Waals surface area contributed by atoms with Gasteiger partial charge in [-0.05, 0) is 19.1 Å². The average molecular weight is 325 g/mol. The normalized spacial score (nSPS) is 16.1. The van der Waals surface area contributed by atoms with Crippen molar-refractivity contribution in [2.45, 2.75) is 13.5 Å². The van der Waals surface area contributed by atoms with Crippen LogP contribution in [0.3, 0.4) is 0 Å². The number of hydrogen-bond acceptors (Lipinski definition) is 6. The largest absolute Gasteiger partial charge is 0.353 e. The molecular weight excluding hydrogens is 306 g/mol. The van der Waals surface area contributed by atoms with Crippen molar-refractivity contribution in [1.82, 2.24) is 19.9 Å². The summed E-state index contributed by atoms with van der Waals surface area (Å²) in [6.45, 7) is 7.04. The van der Waals surface area contributed by atoms with E-state index in [0.717, 1.165) is 54.6 Å². The summed E-state index contributed by atoms with van der Waals surface area (Å²) in [6, 6.07) is 8.02. The van der Waals surface area contributed by atoms with E-state index in [1.165, 1.54) is 5.69 Å². The van der Waals surface area contributed by atoms with Crippen molar-refractivity contribution in [2.75, 3.05) is 31.1 Å². The van der Waals surface area contributed by atoms with E-state index in [9.17, 15) is 0 Å². The molecular formula is C17H19N5S. The maximum atomic E-state index is 4.75. The summed E-state index contributed by atoms with van der Waals surface area (Å²) < 4.78 is 0. The SMILES string of the molecule is Cc1nc(CN2CCN(c3cnc4ccccc4n3)CC2)cs1. The molecule has 1 aromatic carbocycles. The van der Waals surface area contributed by atoms with Crippen molar-refractivity contribution < 1.29 is 0 Å². The van der Waals surface area contributed by atoms with Crippen LogP contribution in [-0.4, -0.2) is 46.0 Å². The Labute approximate surface area is 139 Å². The second kappa shape index (κ2) is 6.22. The van der Waals surface area contributed by atoms with E-state index in [2.05, 4.69) is 32.1 Å². The first-order chi connectivity index (χ1) is 11.3. The van der Waals surface area contributed by atoms with Gasteiger partial charge in [0.1, 0.15) is 5.82 Å². The molecule has 0 N–H and O–H groups in total. The van der Waals surface area contributed by atoms with Gasteiger partial charge in [0.05, 0.1) is 27.9 Å². The van der Waals surface area contributed by atoms with Gasteiger partial charge >= 0.3 is 0 Å². The first-order valence-corrected chi connectivity index (χ1v) is 8.76. The van der Waals surface area contributed by atoms with Crippen LogP contribution in [0.4, 0.5) is 5.82 Å². The third-order valence-corrected chi connectivity index (χ3v) is 5.01. The molecule has 4 rings (SSSR count). The molecule has 3 heterocycles. The van der Waals surface area contributed by atoms with Gasteiger partial charge in [0.2, 0.25) is 0 Å². The molecule has 0 atom stereocenters. The molecule has 118 valence electrons. The summed E-state index contributed by atoms with van der Waals surface area (Å²) in [6.07, 6.45) is 1.89. The number of rotatable bonds is 3. The van der Waals surface area contributed by atoms with E-state index >= 15 is 0 Å². The van der Waals surface area contributed by atoms with Crippen molar-refractivity contribution in [3.05, 3.63) is 46.5 Å². The Morgan fingerprint density at radius 2 is 1.83 bits per heavy atom. The molecule has 5 nitrogen and oxygen atoms in total. The van der Waals surface area contributed by atoms with Gasteiger partial charge in [-0.25, -0.2) is 9.97 Å². The Morgan fingerprint density at radius 3 is 2.57 bits per heavy atom. The quantitative estimate of drug-likeness (QED) is 0.741. The highest BCUT2D eigenvalue weighted by Crippen LogP contribution is 2.18. The van der Waals surface area contributed by atoms with Crippen molar-refractivity contribution >= 4 is 28.2 Å². The molecule has 0 saturated carbocycles. The lowest BCUT2D eigenvalue weighted by Gasteiger charge is -2.34. The molecule has 0 spiro atoms. The predicted molar refractivity (Wildman–Crippen MR) is 93.9 cm³/mol. The third-order valence-electron chi connectivity index (χ3n) is 4.18. The lowest BCUT2D eigenvalue weighted by Crippen LogP contribution is -2.46. The van der Waals surface area contributed by atoms with E-state index in [1.807, 2.05) is 30.5 Å². The number of aromatic nitrogens is 3. The molecule has 6 heteroatoms. The Hall–Kier alpha value is -2.05. The maximum Gasteiger partial charge on any atom is 0.147 e. The fourth-order valence-electron chi connectivity index (χ4n) is 2.94. The van der Waals surface area contributed by atoms with Crippen molar-refractivity contribution in [2.24, 2.45) is 0 Å². The summed E-state index contributed by atoms with van der Waals surface area (Å²) in [5.74, 6) is 0.979. The number of para-hydroxylation sites is 2. The van der Waals surface area contributed by atoms with Crippen LogP contribution in [0.25, 0.3) is 11.0 Å². The third kappa shape index (κ3) is 3.18. The van der Waals surface area contributed by atoms with Gasteiger partial charge in [0, 0.05) is 38.1 Å². The van der Waals surface area contributed by atoms with Crippen LogP contribution in [0.5, 0.6) is 0 Å². The van der Waals surface area contributed by atoms with Gasteiger partial charge in [-0.3, -0.25) is 9.88 Å². The molecule has 0 bridgehead atoms. The van der Waals surface area contributed by atoms with Crippen molar-refractivity contribution in [1.29, 1.82) is 0 Å². The number of aryl methyl sites for hydroxylation is 1. The topological polar surface area (TPSA) is 45.2 Å². The van der Waals surface area contributed by atoms with Crippen LogP contribution < -0.4 is 4.90 Å². The van der Waals surface area contributed by atoms with Gasteiger partial charge < -0.3 is 4.90 Å². The van der Waals surface area contributed by atoms with Gasteiger partial charge in [0.25, 0.3) is 0 Å². The zero-order valence-electron chi connectivity index (χ0n) is 13.1. The van der Waals surface area contributed by atoms with Crippen LogP contribution in [0.2, 0.25) is 0 Å². The van der Waals surface area contributed by atoms with Crippen LogP contribution in [0.1, 0.15) is 10.7 Å². The van der Waals surface area contributed by atoms with Crippen LogP contribution in [0, 0.1) is 6.92 Å². The molecule has 23 heavy (non-hydrogen) atoms. The first-order valence-electron chi connectivity index (χ1n) is 7.88. The lowest BCUT2D eigenvalue weighted by atomic mass is 10.3. The molecule has 1 saturated heterocycles. The Kier molecular flexibility index (Phi) is 3.93. The molecule has 1 aliphatic rings. The van der Waals surface area contributed by atoms with E-state index in [0.29, 0.717) is 0 Å². The van der Waals surface area contributed by atoms with Crippen molar-refractivity contribution in [3.8, 4) is 0 Å². The molecule has 2 aromatic heterocycles. The fourth-order valence-corrected chi connectivity index (χ4v) is 3.55. The summed E-state index contributed by atoms with van der Waals surface area (Å²) in [4.78, 5) is 18.6. The molecule has 1 fully saturated rings. The molecule has 1 aliphatic heterocycles. The molecule has 0 aliphatic carbocycles. The Morgan fingerprint density at radius 1 is 1.04 bits per heavy atom. The monoisotopic (exact) mass is 325 g/mol. The zero-order valence-corrected chi connectivity index (χ0v) is 14.0. The minimum atomic E-state index is 0.946. The molecule has 0 amide bonds. The van der Waals surface area contributed by atoms with Crippen LogP contribution in [-0.2, 0) is 6.54 Å². The number of benzene rings is 1. The highest BCUT2D eigenvalue weighted by molar-refractivity contribution is 7.09. The summed E-state index contributed by atoms with van der Waals surface area (Å²) in [5.41, 5.74) is 3.10. The Bertz CT molecular complexity index is 807. The number of fused-ring (bicyclic) bond motifs is 1. The molecule has 3 aromatic rings. The maximum absolute atomic E-state index is 4.75. The second-order valence-corrected chi connectivity index (χ2v) is 6.90. The van der Waals surface area contributed by atoms with Crippen molar-refractivity contribution in [3.63, 3.8) is 0 Å². The van der Waals surface area contributed by atoms with E-state index < -0.39 is 0 Å². The highest BCUT2D eigenvalue weighted by Gasteiger charge is 2.19. The zero-order chi connectivity index (χ0) is 15.6. The number of anilines is 1. The first kappa shape index (κ1) is 14.5. The summed E-state index contributed by atoms with van der Waals surface area (Å²) >= 11 is 1.73. The van der Waals surface area contributed by atoms with Gasteiger partial charge in [-0.1, -0.05) is 12.1 Å². The number of hydrogen-bond donors (Lipinski definition) is 0. The minimum absolute atomic E-state index is 0.946. The average Bonchev–Trinajstić information content (AvgIpc) is 3.00. The van der Waals surface area contributed by atoms with Crippen LogP contribution in [0.15, 0.2) is 35.8 Å². The van der Waals surface area contributed by atoms with E-state index in [1.54, 1.807) is 11.3 Å². The van der Waals surface area contributed by atoms with E-state index in [4.69, 9.17) is 4.98 Å².